The van der Waals surface area contributed by atoms with Gasteiger partial charge in [-0.15, -0.1) is 0 Å². The fourth-order valence-electron chi connectivity index (χ4n) is 2.10. The lowest BCUT2D eigenvalue weighted by Gasteiger charge is -2.09. The SMILES string of the molecule is COc1ccc(CCNC(=O)C(=O)N/N=C\c2ccncc2)cc1OC. The Morgan fingerprint density at radius 1 is 1.08 bits per heavy atom. The largest absolute Gasteiger partial charge is 0.493 e. The van der Waals surface area contributed by atoms with Crippen LogP contribution in [0.15, 0.2) is 47.8 Å². The second kappa shape index (κ2) is 9.77. The van der Waals surface area contributed by atoms with E-state index in [1.807, 2.05) is 12.1 Å². The van der Waals surface area contributed by atoms with Gasteiger partial charge in [0.2, 0.25) is 0 Å². The molecule has 0 radical (unpaired) electrons. The van der Waals surface area contributed by atoms with Gasteiger partial charge < -0.3 is 14.8 Å². The van der Waals surface area contributed by atoms with Crippen LogP contribution in [0.2, 0.25) is 0 Å². The van der Waals surface area contributed by atoms with E-state index in [0.29, 0.717) is 24.5 Å². The molecule has 8 heteroatoms. The first-order chi connectivity index (χ1) is 12.6. The molecular formula is C18H20N4O4. The first kappa shape index (κ1) is 18.9. The highest BCUT2D eigenvalue weighted by molar-refractivity contribution is 6.35. The number of methoxy groups -OCH3 is 2. The van der Waals surface area contributed by atoms with E-state index in [4.69, 9.17) is 9.47 Å². The number of nitrogens with one attached hydrogen (secondary N) is 2. The van der Waals surface area contributed by atoms with Crippen LogP contribution in [0.3, 0.4) is 0 Å². The number of ether oxygens (including phenoxy) is 2. The summed E-state index contributed by atoms with van der Waals surface area (Å²) in [5.74, 6) is -0.341. The number of pyridine rings is 1. The van der Waals surface area contributed by atoms with Gasteiger partial charge in [0.25, 0.3) is 0 Å². The van der Waals surface area contributed by atoms with Crippen molar-refractivity contribution in [1.82, 2.24) is 15.7 Å². The van der Waals surface area contributed by atoms with Crippen molar-refractivity contribution in [1.29, 1.82) is 0 Å². The van der Waals surface area contributed by atoms with E-state index >= 15 is 0 Å². The maximum atomic E-state index is 11.7. The van der Waals surface area contributed by atoms with E-state index < -0.39 is 11.8 Å². The molecule has 1 heterocycles. The normalized spacial score (nSPS) is 10.4. The van der Waals surface area contributed by atoms with Crippen LogP contribution in [0.4, 0.5) is 0 Å². The number of rotatable bonds is 7. The molecule has 1 aromatic heterocycles. The third kappa shape index (κ3) is 5.59. The van der Waals surface area contributed by atoms with Crippen LogP contribution < -0.4 is 20.2 Å². The van der Waals surface area contributed by atoms with Crippen molar-refractivity contribution in [2.75, 3.05) is 20.8 Å². The zero-order valence-corrected chi connectivity index (χ0v) is 14.6. The molecule has 0 spiro atoms. The number of aromatic nitrogens is 1. The molecule has 1 aromatic carbocycles. The van der Waals surface area contributed by atoms with Crippen LogP contribution in [0.25, 0.3) is 0 Å². The van der Waals surface area contributed by atoms with Gasteiger partial charge in [-0.3, -0.25) is 14.6 Å². The monoisotopic (exact) mass is 356 g/mol. The zero-order valence-electron chi connectivity index (χ0n) is 14.6. The number of amides is 2. The smallest absolute Gasteiger partial charge is 0.329 e. The molecule has 2 aromatic rings. The van der Waals surface area contributed by atoms with Crippen LogP contribution in [0.5, 0.6) is 11.5 Å². The molecule has 8 nitrogen and oxygen atoms in total. The Labute approximate surface area is 151 Å². The van der Waals surface area contributed by atoms with Crippen LogP contribution in [-0.4, -0.2) is 43.8 Å². The quantitative estimate of drug-likeness (QED) is 0.436. The van der Waals surface area contributed by atoms with Crippen molar-refractivity contribution in [3.63, 3.8) is 0 Å². The van der Waals surface area contributed by atoms with Crippen LogP contribution in [-0.2, 0) is 16.0 Å². The first-order valence-electron chi connectivity index (χ1n) is 7.86. The van der Waals surface area contributed by atoms with Crippen molar-refractivity contribution >= 4 is 18.0 Å². The molecule has 0 bridgehead atoms. The minimum Gasteiger partial charge on any atom is -0.493 e. The van der Waals surface area contributed by atoms with Crippen LogP contribution in [0.1, 0.15) is 11.1 Å². The molecule has 0 aliphatic heterocycles. The number of hydrogen-bond acceptors (Lipinski definition) is 6. The molecule has 0 saturated carbocycles. The lowest BCUT2D eigenvalue weighted by atomic mass is 10.1. The summed E-state index contributed by atoms with van der Waals surface area (Å²) in [5, 5.41) is 6.27. The fourth-order valence-corrected chi connectivity index (χ4v) is 2.10. The van der Waals surface area contributed by atoms with E-state index in [9.17, 15) is 9.59 Å². The van der Waals surface area contributed by atoms with Gasteiger partial charge in [-0.25, -0.2) is 5.43 Å². The highest BCUT2D eigenvalue weighted by Crippen LogP contribution is 2.27. The summed E-state index contributed by atoms with van der Waals surface area (Å²) in [6.45, 7) is 0.301. The topological polar surface area (TPSA) is 102 Å². The van der Waals surface area contributed by atoms with Gasteiger partial charge in [0.15, 0.2) is 11.5 Å². The van der Waals surface area contributed by atoms with Gasteiger partial charge in [0.05, 0.1) is 20.4 Å². The highest BCUT2D eigenvalue weighted by Gasteiger charge is 2.12. The Hall–Kier alpha value is -3.42. The second-order valence-electron chi connectivity index (χ2n) is 5.17. The van der Waals surface area contributed by atoms with Crippen molar-refractivity contribution in [2.45, 2.75) is 6.42 Å². The number of hydrogen-bond donors (Lipinski definition) is 2. The third-order valence-electron chi connectivity index (χ3n) is 3.44. The Morgan fingerprint density at radius 2 is 1.81 bits per heavy atom. The molecule has 2 N–H and O–H groups in total. The molecule has 136 valence electrons. The predicted molar refractivity (Wildman–Crippen MR) is 96.2 cm³/mol. The molecule has 26 heavy (non-hydrogen) atoms. The molecule has 0 fully saturated rings. The number of carbonyl (C=O) groups excluding carboxylic acids is 2. The maximum Gasteiger partial charge on any atom is 0.329 e. The Bertz CT molecular complexity index is 778. The average molecular weight is 356 g/mol. The molecule has 0 aliphatic carbocycles. The van der Waals surface area contributed by atoms with E-state index in [1.54, 1.807) is 44.8 Å². The Morgan fingerprint density at radius 3 is 2.50 bits per heavy atom. The Kier molecular flexibility index (Phi) is 7.11. The van der Waals surface area contributed by atoms with Crippen molar-refractivity contribution < 1.29 is 19.1 Å². The van der Waals surface area contributed by atoms with Crippen LogP contribution >= 0.6 is 0 Å². The van der Waals surface area contributed by atoms with E-state index in [2.05, 4.69) is 20.8 Å². The molecule has 0 aliphatic rings. The second-order valence-corrected chi connectivity index (χ2v) is 5.17. The zero-order chi connectivity index (χ0) is 18.8. The average Bonchev–Trinajstić information content (AvgIpc) is 2.68. The lowest BCUT2D eigenvalue weighted by molar-refractivity contribution is -0.139. The van der Waals surface area contributed by atoms with Gasteiger partial charge in [-0.2, -0.15) is 5.10 Å². The van der Waals surface area contributed by atoms with Crippen LogP contribution in [0, 0.1) is 0 Å². The molecule has 2 amide bonds. The minimum atomic E-state index is -0.831. The number of carbonyl (C=O) groups is 2. The summed E-state index contributed by atoms with van der Waals surface area (Å²) in [7, 11) is 3.12. The van der Waals surface area contributed by atoms with Gasteiger partial charge in [0, 0.05) is 18.9 Å². The van der Waals surface area contributed by atoms with Gasteiger partial charge in [0.1, 0.15) is 0 Å². The number of nitrogens with zero attached hydrogens (tertiary/aromatic N) is 2. The van der Waals surface area contributed by atoms with Gasteiger partial charge in [-0.1, -0.05) is 6.07 Å². The van der Waals surface area contributed by atoms with E-state index in [0.717, 1.165) is 11.1 Å². The molecule has 0 unspecified atom stereocenters. The summed E-state index contributed by atoms with van der Waals surface area (Å²) in [6.07, 6.45) is 5.17. The van der Waals surface area contributed by atoms with Gasteiger partial charge in [-0.05, 0) is 41.8 Å². The Balaban J connectivity index is 1.77. The molecule has 0 saturated heterocycles. The highest BCUT2D eigenvalue weighted by atomic mass is 16.5. The maximum absolute atomic E-state index is 11.7. The molecular weight excluding hydrogens is 336 g/mol. The van der Waals surface area contributed by atoms with Crippen molar-refractivity contribution in [3.05, 3.63) is 53.9 Å². The van der Waals surface area contributed by atoms with E-state index in [-0.39, 0.29) is 0 Å². The summed E-state index contributed by atoms with van der Waals surface area (Å²) in [6, 6.07) is 8.92. The summed E-state index contributed by atoms with van der Waals surface area (Å²) in [5.41, 5.74) is 3.88. The third-order valence-corrected chi connectivity index (χ3v) is 3.44. The fraction of sp³-hybridized carbons (Fsp3) is 0.222. The standard InChI is InChI=1S/C18H20N4O4/c1-25-15-4-3-13(11-16(15)26-2)7-10-20-17(23)18(24)22-21-12-14-5-8-19-9-6-14/h3-6,8-9,11-12H,7,10H2,1-2H3,(H,20,23)(H,22,24)/b21-12-. The van der Waals surface area contributed by atoms with Crippen molar-refractivity contribution in [2.24, 2.45) is 5.10 Å². The summed E-state index contributed by atoms with van der Waals surface area (Å²) < 4.78 is 10.4. The number of benzene rings is 1. The first-order valence-corrected chi connectivity index (χ1v) is 7.86. The predicted octanol–water partition coefficient (Wildman–Crippen LogP) is 0.908. The lowest BCUT2D eigenvalue weighted by Crippen LogP contribution is -2.38. The number of hydrazone groups is 1. The molecule has 0 atom stereocenters. The van der Waals surface area contributed by atoms with Gasteiger partial charge >= 0.3 is 11.8 Å². The summed E-state index contributed by atoms with van der Waals surface area (Å²) in [4.78, 5) is 27.3. The minimum absolute atomic E-state index is 0.301. The summed E-state index contributed by atoms with van der Waals surface area (Å²) >= 11 is 0. The molecule has 2 rings (SSSR count). The van der Waals surface area contributed by atoms with E-state index in [1.165, 1.54) is 6.21 Å². The van der Waals surface area contributed by atoms with Crippen molar-refractivity contribution in [3.8, 4) is 11.5 Å².